The maximum atomic E-state index is 11.6. The van der Waals surface area contributed by atoms with Crippen molar-refractivity contribution in [2.75, 3.05) is 0 Å². The van der Waals surface area contributed by atoms with Crippen LogP contribution in [-0.4, -0.2) is 15.1 Å². The summed E-state index contributed by atoms with van der Waals surface area (Å²) in [5.41, 5.74) is 0.700. The van der Waals surface area contributed by atoms with Crippen LogP contribution in [0.4, 0.5) is 0 Å². The highest BCUT2D eigenvalue weighted by atomic mass is 79.9. The SMILES string of the molecule is CC1(C)C[C@H](c2ccccc2)C(Br)=[N+]([O-])O1. The van der Waals surface area contributed by atoms with Crippen LogP contribution in [0, 0.1) is 5.21 Å². The van der Waals surface area contributed by atoms with Gasteiger partial charge in [-0.15, -0.1) is 0 Å². The second kappa shape index (κ2) is 4.09. The monoisotopic (exact) mass is 283 g/mol. The van der Waals surface area contributed by atoms with Crippen LogP contribution in [0.3, 0.4) is 0 Å². The molecule has 0 amide bonds. The predicted molar refractivity (Wildman–Crippen MR) is 66.5 cm³/mol. The van der Waals surface area contributed by atoms with E-state index in [4.69, 9.17) is 4.84 Å². The van der Waals surface area contributed by atoms with Crippen molar-refractivity contribution in [2.24, 2.45) is 0 Å². The van der Waals surface area contributed by atoms with Gasteiger partial charge in [0.05, 0.1) is 11.5 Å². The standard InChI is InChI=1S/C12H14BrNO2/c1-12(2)8-10(11(13)14(15)16-12)9-6-4-3-5-7-9/h3-7,10H,8H2,1-2H3/t10-/m1/s1. The van der Waals surface area contributed by atoms with E-state index < -0.39 is 5.60 Å². The Hall–Kier alpha value is -1.03. The zero-order valence-electron chi connectivity index (χ0n) is 9.31. The highest BCUT2D eigenvalue weighted by Gasteiger charge is 2.37. The van der Waals surface area contributed by atoms with Gasteiger partial charge in [0, 0.05) is 20.8 Å². The number of hydrogen-bond donors (Lipinski definition) is 0. The molecule has 0 radical (unpaired) electrons. The third kappa shape index (κ3) is 2.21. The highest BCUT2D eigenvalue weighted by molar-refractivity contribution is 9.18. The second-order valence-corrected chi connectivity index (χ2v) is 5.41. The molecule has 4 heteroatoms. The van der Waals surface area contributed by atoms with E-state index in [1.165, 1.54) is 0 Å². The lowest BCUT2D eigenvalue weighted by atomic mass is 9.88. The summed E-state index contributed by atoms with van der Waals surface area (Å²) in [7, 11) is 0. The Morgan fingerprint density at radius 2 is 2.00 bits per heavy atom. The zero-order valence-corrected chi connectivity index (χ0v) is 10.9. The Balaban J connectivity index is 2.38. The molecule has 1 aliphatic rings. The first-order chi connectivity index (χ1) is 7.49. The Labute approximate surface area is 103 Å². The van der Waals surface area contributed by atoms with Crippen LogP contribution in [0.15, 0.2) is 30.3 Å². The predicted octanol–water partition coefficient (Wildman–Crippen LogP) is 3.19. The maximum Gasteiger partial charge on any atom is 0.293 e. The molecule has 0 saturated heterocycles. The van der Waals surface area contributed by atoms with Crippen molar-refractivity contribution in [2.45, 2.75) is 31.8 Å². The van der Waals surface area contributed by atoms with Gasteiger partial charge in [-0.1, -0.05) is 30.3 Å². The van der Waals surface area contributed by atoms with Crippen molar-refractivity contribution < 1.29 is 9.74 Å². The Kier molecular flexibility index (Phi) is 2.93. The minimum Gasteiger partial charge on any atom is -0.397 e. The third-order valence-electron chi connectivity index (χ3n) is 2.69. The molecule has 1 aromatic carbocycles. The van der Waals surface area contributed by atoms with Gasteiger partial charge >= 0.3 is 0 Å². The summed E-state index contributed by atoms with van der Waals surface area (Å²) in [5.74, 6) is 0.0717. The Morgan fingerprint density at radius 1 is 1.38 bits per heavy atom. The van der Waals surface area contributed by atoms with Crippen molar-refractivity contribution in [1.29, 1.82) is 0 Å². The van der Waals surface area contributed by atoms with E-state index in [2.05, 4.69) is 15.9 Å². The van der Waals surface area contributed by atoms with Crippen LogP contribution in [0.5, 0.6) is 0 Å². The summed E-state index contributed by atoms with van der Waals surface area (Å²) in [4.78, 5) is 5.82. The largest absolute Gasteiger partial charge is 0.397 e. The lowest BCUT2D eigenvalue weighted by Crippen LogP contribution is -2.39. The molecular formula is C12H14BrNO2. The lowest BCUT2D eigenvalue weighted by molar-refractivity contribution is -0.768. The van der Waals surface area contributed by atoms with Crippen molar-refractivity contribution in [1.82, 2.24) is 0 Å². The average Bonchev–Trinajstić information content (AvgIpc) is 2.24. The topological polar surface area (TPSA) is 35.3 Å². The van der Waals surface area contributed by atoms with Crippen LogP contribution in [-0.2, 0) is 4.84 Å². The van der Waals surface area contributed by atoms with E-state index in [1.807, 2.05) is 44.2 Å². The third-order valence-corrected chi connectivity index (χ3v) is 3.53. The van der Waals surface area contributed by atoms with Gasteiger partial charge in [0.25, 0.3) is 4.62 Å². The highest BCUT2D eigenvalue weighted by Crippen LogP contribution is 2.35. The molecule has 0 saturated carbocycles. The number of rotatable bonds is 1. The van der Waals surface area contributed by atoms with Gasteiger partial charge in [-0.3, -0.25) is 5.21 Å². The number of nitrogens with zero attached hydrogens (tertiary/aromatic N) is 1. The molecule has 86 valence electrons. The fraction of sp³-hybridized carbons (Fsp3) is 0.417. The first kappa shape index (κ1) is 11.5. The first-order valence-electron chi connectivity index (χ1n) is 5.23. The van der Waals surface area contributed by atoms with Crippen molar-refractivity contribution in [3.05, 3.63) is 41.1 Å². The Bertz CT molecular complexity index is 414. The van der Waals surface area contributed by atoms with E-state index in [1.54, 1.807) is 0 Å². The van der Waals surface area contributed by atoms with Crippen LogP contribution in [0.1, 0.15) is 31.7 Å². The molecule has 1 heterocycles. The van der Waals surface area contributed by atoms with Gasteiger partial charge in [0.1, 0.15) is 0 Å². The summed E-state index contributed by atoms with van der Waals surface area (Å²) in [5, 5.41) is 11.6. The minimum absolute atomic E-state index is 0.0717. The van der Waals surface area contributed by atoms with E-state index in [-0.39, 0.29) is 5.92 Å². The van der Waals surface area contributed by atoms with Crippen LogP contribution >= 0.6 is 15.9 Å². The average molecular weight is 284 g/mol. The van der Waals surface area contributed by atoms with Gasteiger partial charge in [0.2, 0.25) is 0 Å². The smallest absolute Gasteiger partial charge is 0.293 e. The molecule has 1 aliphatic heterocycles. The quantitative estimate of drug-likeness (QED) is 0.742. The zero-order chi connectivity index (χ0) is 11.8. The molecule has 0 N–H and O–H groups in total. The van der Waals surface area contributed by atoms with Gasteiger partial charge in [0.15, 0.2) is 0 Å². The van der Waals surface area contributed by atoms with E-state index >= 15 is 0 Å². The number of hydrogen-bond acceptors (Lipinski definition) is 2. The van der Waals surface area contributed by atoms with Gasteiger partial charge in [-0.25, -0.2) is 0 Å². The molecule has 16 heavy (non-hydrogen) atoms. The number of benzene rings is 1. The molecule has 0 aromatic heterocycles. The van der Waals surface area contributed by atoms with E-state index in [9.17, 15) is 5.21 Å². The molecule has 0 spiro atoms. The summed E-state index contributed by atoms with van der Waals surface area (Å²) < 4.78 is 0.540. The fourth-order valence-corrected chi connectivity index (χ4v) is 2.45. The maximum absolute atomic E-state index is 11.6. The molecular weight excluding hydrogens is 270 g/mol. The summed E-state index contributed by atoms with van der Waals surface area (Å²) in [6, 6.07) is 9.99. The van der Waals surface area contributed by atoms with E-state index in [0.29, 0.717) is 9.52 Å². The fourth-order valence-electron chi connectivity index (χ4n) is 1.95. The molecule has 3 nitrogen and oxygen atoms in total. The van der Waals surface area contributed by atoms with Gasteiger partial charge in [-0.05, 0) is 25.8 Å². The molecule has 1 atom stereocenters. The molecule has 0 bridgehead atoms. The first-order valence-corrected chi connectivity index (χ1v) is 6.02. The molecule has 1 aromatic rings. The molecule has 0 aliphatic carbocycles. The normalized spacial score (nSPS) is 24.1. The van der Waals surface area contributed by atoms with Crippen LogP contribution < -0.4 is 0 Å². The minimum atomic E-state index is -0.431. The molecule has 2 rings (SSSR count). The summed E-state index contributed by atoms with van der Waals surface area (Å²) in [6.45, 7) is 3.85. The lowest BCUT2D eigenvalue weighted by Gasteiger charge is -2.34. The number of halogens is 1. The molecule has 0 unspecified atom stereocenters. The molecule has 0 fully saturated rings. The summed E-state index contributed by atoms with van der Waals surface area (Å²) in [6.07, 6.45) is 0.788. The summed E-state index contributed by atoms with van der Waals surface area (Å²) >= 11 is 3.31. The van der Waals surface area contributed by atoms with Crippen LogP contribution in [0.25, 0.3) is 0 Å². The second-order valence-electron chi connectivity index (χ2n) is 4.60. The Morgan fingerprint density at radius 3 is 2.62 bits per heavy atom. The van der Waals surface area contributed by atoms with Gasteiger partial charge < -0.3 is 4.84 Å². The van der Waals surface area contributed by atoms with Crippen molar-refractivity contribution in [3.8, 4) is 0 Å². The van der Waals surface area contributed by atoms with Crippen molar-refractivity contribution in [3.63, 3.8) is 0 Å². The van der Waals surface area contributed by atoms with Crippen LogP contribution in [0.2, 0.25) is 0 Å². The van der Waals surface area contributed by atoms with E-state index in [0.717, 1.165) is 12.0 Å². The van der Waals surface area contributed by atoms with Crippen molar-refractivity contribution >= 4 is 20.6 Å². The van der Waals surface area contributed by atoms with Gasteiger partial charge in [-0.2, -0.15) is 0 Å².